The number of aryl methyl sites for hydroxylation is 2. The van der Waals surface area contributed by atoms with E-state index in [-0.39, 0.29) is 0 Å². The molecule has 0 amide bonds. The van der Waals surface area contributed by atoms with Crippen LogP contribution in [0.2, 0.25) is 0 Å². The van der Waals surface area contributed by atoms with Crippen LogP contribution in [0.1, 0.15) is 5.69 Å². The van der Waals surface area contributed by atoms with E-state index in [9.17, 15) is 0 Å². The van der Waals surface area contributed by atoms with E-state index < -0.39 is 0 Å². The molecule has 0 spiro atoms. The zero-order valence-corrected chi connectivity index (χ0v) is 15.4. The molecule has 0 aliphatic carbocycles. The number of fused-ring (bicyclic) bond motifs is 2. The molecule has 0 saturated carbocycles. The van der Waals surface area contributed by atoms with Crippen LogP contribution in [0.25, 0.3) is 22.2 Å². The summed E-state index contributed by atoms with van der Waals surface area (Å²) in [7, 11) is 1.98. The number of para-hydroxylation sites is 2. The molecule has 136 valence electrons. The Hall–Kier alpha value is -3.29. The van der Waals surface area contributed by atoms with E-state index in [1.54, 1.807) is 12.7 Å². The minimum absolute atomic E-state index is 0.737. The number of piperazine rings is 1. The molecule has 27 heavy (non-hydrogen) atoms. The van der Waals surface area contributed by atoms with Gasteiger partial charge in [-0.3, -0.25) is 0 Å². The van der Waals surface area contributed by atoms with Gasteiger partial charge in [0.25, 0.3) is 0 Å². The van der Waals surface area contributed by atoms with Crippen LogP contribution in [0.5, 0.6) is 0 Å². The molecule has 1 aliphatic rings. The maximum atomic E-state index is 4.86. The molecule has 1 saturated heterocycles. The number of benzene rings is 1. The van der Waals surface area contributed by atoms with E-state index in [4.69, 9.17) is 9.97 Å². The van der Waals surface area contributed by atoms with Gasteiger partial charge >= 0.3 is 0 Å². The van der Waals surface area contributed by atoms with Crippen molar-refractivity contribution < 1.29 is 0 Å². The molecule has 1 aromatic carbocycles. The summed E-state index contributed by atoms with van der Waals surface area (Å²) in [5.41, 5.74) is 4.57. The zero-order valence-electron chi connectivity index (χ0n) is 15.4. The summed E-state index contributed by atoms with van der Waals surface area (Å²) >= 11 is 0. The lowest BCUT2D eigenvalue weighted by atomic mass is 10.2. The van der Waals surface area contributed by atoms with Crippen molar-refractivity contribution in [3.8, 4) is 0 Å². The van der Waals surface area contributed by atoms with E-state index >= 15 is 0 Å². The molecule has 5 rings (SSSR count). The van der Waals surface area contributed by atoms with Gasteiger partial charge in [0.15, 0.2) is 17.3 Å². The lowest BCUT2D eigenvalue weighted by Gasteiger charge is -2.36. The lowest BCUT2D eigenvalue weighted by Crippen LogP contribution is -2.47. The van der Waals surface area contributed by atoms with Crippen molar-refractivity contribution in [1.82, 2.24) is 29.5 Å². The molecule has 0 bridgehead atoms. The first-order valence-electron chi connectivity index (χ1n) is 9.06. The average Bonchev–Trinajstić information content (AvgIpc) is 3.09. The smallest absolute Gasteiger partial charge is 0.182 e. The Morgan fingerprint density at radius 2 is 1.48 bits per heavy atom. The summed E-state index contributed by atoms with van der Waals surface area (Å²) in [6.07, 6.45) is 3.38. The largest absolute Gasteiger partial charge is 0.352 e. The normalized spacial score (nSPS) is 15.0. The highest BCUT2D eigenvalue weighted by Gasteiger charge is 2.23. The highest BCUT2D eigenvalue weighted by atomic mass is 15.3. The lowest BCUT2D eigenvalue weighted by molar-refractivity contribution is 0.640. The third-order valence-electron chi connectivity index (χ3n) is 5.09. The van der Waals surface area contributed by atoms with Crippen molar-refractivity contribution in [3.63, 3.8) is 0 Å². The van der Waals surface area contributed by atoms with Crippen LogP contribution >= 0.6 is 0 Å². The molecular weight excluding hydrogens is 340 g/mol. The van der Waals surface area contributed by atoms with E-state index in [1.165, 1.54) is 0 Å². The van der Waals surface area contributed by atoms with Crippen LogP contribution in [0.4, 0.5) is 11.6 Å². The van der Waals surface area contributed by atoms with Gasteiger partial charge in [-0.05, 0) is 19.1 Å². The van der Waals surface area contributed by atoms with Crippen LogP contribution in [-0.4, -0.2) is 55.7 Å². The van der Waals surface area contributed by atoms with E-state index in [1.807, 2.05) is 42.8 Å². The Morgan fingerprint density at radius 1 is 0.815 bits per heavy atom. The fourth-order valence-electron chi connectivity index (χ4n) is 3.71. The maximum Gasteiger partial charge on any atom is 0.182 e. The maximum absolute atomic E-state index is 4.86. The Bertz CT molecular complexity index is 1130. The minimum atomic E-state index is 0.737. The van der Waals surface area contributed by atoms with Gasteiger partial charge in [0.2, 0.25) is 0 Å². The fraction of sp³-hybridized carbons (Fsp3) is 0.316. The highest BCUT2D eigenvalue weighted by molar-refractivity contribution is 5.83. The first kappa shape index (κ1) is 15.9. The molecule has 4 aromatic rings. The molecule has 3 aromatic heterocycles. The standard InChI is InChI=1S/C19H20N8/c1-13-18(24-15-6-4-3-5-14(15)23-13)26-7-9-27(10-8-26)19-16-17(20-11-21-19)22-12-25(16)2/h3-6,11-12H,7-10H2,1-2H3. The predicted molar refractivity (Wildman–Crippen MR) is 105 cm³/mol. The van der Waals surface area contributed by atoms with Gasteiger partial charge in [-0.25, -0.2) is 24.9 Å². The van der Waals surface area contributed by atoms with Crippen molar-refractivity contribution in [2.24, 2.45) is 7.05 Å². The predicted octanol–water partition coefficient (Wildman–Crippen LogP) is 1.94. The third kappa shape index (κ3) is 2.64. The number of anilines is 2. The van der Waals surface area contributed by atoms with E-state index in [2.05, 4.69) is 24.8 Å². The fourth-order valence-corrected chi connectivity index (χ4v) is 3.71. The van der Waals surface area contributed by atoms with Crippen LogP contribution in [0, 0.1) is 6.92 Å². The SMILES string of the molecule is Cc1nc2ccccc2nc1N1CCN(c2ncnc3ncn(C)c23)CC1. The van der Waals surface area contributed by atoms with Gasteiger partial charge in [0.05, 0.1) is 23.1 Å². The topological polar surface area (TPSA) is 75.9 Å². The number of imidazole rings is 1. The van der Waals surface area contributed by atoms with Gasteiger partial charge in [-0.1, -0.05) is 12.1 Å². The molecule has 1 fully saturated rings. The molecule has 0 atom stereocenters. The van der Waals surface area contributed by atoms with Gasteiger partial charge < -0.3 is 14.4 Å². The molecular formula is C19H20N8. The summed E-state index contributed by atoms with van der Waals surface area (Å²) in [4.78, 5) is 27.3. The van der Waals surface area contributed by atoms with Crippen molar-refractivity contribution >= 4 is 33.8 Å². The van der Waals surface area contributed by atoms with Crippen molar-refractivity contribution in [3.05, 3.63) is 42.6 Å². The summed E-state index contributed by atoms with van der Waals surface area (Å²) in [6.45, 7) is 5.51. The number of hydrogen-bond acceptors (Lipinski definition) is 7. The van der Waals surface area contributed by atoms with E-state index in [0.29, 0.717) is 0 Å². The molecule has 8 nitrogen and oxygen atoms in total. The molecule has 0 radical (unpaired) electrons. The first-order chi connectivity index (χ1) is 13.2. The minimum Gasteiger partial charge on any atom is -0.352 e. The van der Waals surface area contributed by atoms with Crippen molar-refractivity contribution in [2.75, 3.05) is 36.0 Å². The second-order valence-electron chi connectivity index (χ2n) is 6.82. The third-order valence-corrected chi connectivity index (χ3v) is 5.09. The van der Waals surface area contributed by atoms with Gasteiger partial charge in [-0.15, -0.1) is 0 Å². The molecule has 4 heterocycles. The van der Waals surface area contributed by atoms with Crippen LogP contribution < -0.4 is 9.80 Å². The summed E-state index contributed by atoms with van der Waals surface area (Å²) in [5.74, 6) is 1.92. The summed E-state index contributed by atoms with van der Waals surface area (Å²) in [5, 5.41) is 0. The van der Waals surface area contributed by atoms with Gasteiger partial charge in [0.1, 0.15) is 11.8 Å². The van der Waals surface area contributed by atoms with Crippen molar-refractivity contribution in [2.45, 2.75) is 6.92 Å². The average molecular weight is 360 g/mol. The molecule has 0 N–H and O–H groups in total. The monoisotopic (exact) mass is 360 g/mol. The second-order valence-corrected chi connectivity index (χ2v) is 6.82. The molecule has 1 aliphatic heterocycles. The van der Waals surface area contributed by atoms with Crippen molar-refractivity contribution in [1.29, 1.82) is 0 Å². The van der Waals surface area contributed by atoms with Gasteiger partial charge in [-0.2, -0.15) is 0 Å². The van der Waals surface area contributed by atoms with Crippen LogP contribution in [0.3, 0.4) is 0 Å². The zero-order chi connectivity index (χ0) is 18.4. The Balaban J connectivity index is 1.42. The number of nitrogens with zero attached hydrogens (tertiary/aromatic N) is 8. The van der Waals surface area contributed by atoms with Crippen LogP contribution in [-0.2, 0) is 7.05 Å². The summed E-state index contributed by atoms with van der Waals surface area (Å²) in [6, 6.07) is 8.02. The number of aromatic nitrogens is 6. The molecule has 0 unspecified atom stereocenters. The highest BCUT2D eigenvalue weighted by Crippen LogP contribution is 2.25. The van der Waals surface area contributed by atoms with E-state index in [0.717, 1.165) is 65.7 Å². The van der Waals surface area contributed by atoms with Crippen LogP contribution in [0.15, 0.2) is 36.9 Å². The Kier molecular flexibility index (Phi) is 3.63. The van der Waals surface area contributed by atoms with Gasteiger partial charge in [0, 0.05) is 33.2 Å². The number of rotatable bonds is 2. The quantitative estimate of drug-likeness (QED) is 0.541. The first-order valence-corrected chi connectivity index (χ1v) is 9.06. The Labute approximate surface area is 156 Å². The summed E-state index contributed by atoms with van der Waals surface area (Å²) < 4.78 is 1.98. The molecule has 8 heteroatoms. The Morgan fingerprint density at radius 3 is 2.22 bits per heavy atom. The second kappa shape index (κ2) is 6.15. The number of hydrogen-bond donors (Lipinski definition) is 0.